The maximum absolute atomic E-state index is 13.5. The maximum atomic E-state index is 13.5. The van der Waals surface area contributed by atoms with Crippen LogP contribution < -0.4 is 4.74 Å². The third kappa shape index (κ3) is 3.95. The molecule has 0 aliphatic heterocycles. The number of halogens is 1. The molecule has 0 saturated heterocycles. The Bertz CT molecular complexity index is 1090. The first-order valence-electron chi connectivity index (χ1n) is 10.0. The molecule has 1 aromatic carbocycles. The molecule has 6 heteroatoms. The van der Waals surface area contributed by atoms with E-state index >= 15 is 0 Å². The van der Waals surface area contributed by atoms with Crippen molar-refractivity contribution in [2.45, 2.75) is 39.0 Å². The molecular weight excluding hydrogens is 381 g/mol. The summed E-state index contributed by atoms with van der Waals surface area (Å²) in [7, 11) is 0. The molecule has 0 N–H and O–H groups in total. The van der Waals surface area contributed by atoms with Crippen molar-refractivity contribution in [2.24, 2.45) is 5.92 Å². The van der Waals surface area contributed by atoms with Gasteiger partial charge in [-0.05, 0) is 44.4 Å². The number of aryl methyl sites for hydroxylation is 3. The quantitative estimate of drug-likeness (QED) is 0.593. The minimum Gasteiger partial charge on any atom is -0.489 e. The van der Waals surface area contributed by atoms with Crippen molar-refractivity contribution in [2.75, 3.05) is 6.61 Å². The molecular formula is C24H24FN3O2. The summed E-state index contributed by atoms with van der Waals surface area (Å²) in [5.41, 5.74) is 2.56. The molecule has 1 saturated carbocycles. The fraction of sp³-hybridized carbons (Fsp3) is 0.333. The van der Waals surface area contributed by atoms with E-state index in [-0.39, 0.29) is 29.4 Å². The van der Waals surface area contributed by atoms with E-state index in [4.69, 9.17) is 4.74 Å². The second kappa shape index (κ2) is 7.94. The summed E-state index contributed by atoms with van der Waals surface area (Å²) in [6.07, 6.45) is 3.76. The van der Waals surface area contributed by atoms with Gasteiger partial charge in [0, 0.05) is 23.4 Å². The van der Waals surface area contributed by atoms with Crippen LogP contribution in [-0.4, -0.2) is 27.3 Å². The first-order chi connectivity index (χ1) is 14.4. The lowest BCUT2D eigenvalue weighted by atomic mass is 9.91. The van der Waals surface area contributed by atoms with Crippen LogP contribution in [0.3, 0.4) is 0 Å². The number of carbonyl (C=O) groups excluding carboxylic acids is 1. The van der Waals surface area contributed by atoms with E-state index in [1.807, 2.05) is 44.2 Å². The van der Waals surface area contributed by atoms with Gasteiger partial charge in [0.1, 0.15) is 17.4 Å². The number of pyridine rings is 1. The van der Waals surface area contributed by atoms with E-state index in [9.17, 15) is 9.18 Å². The van der Waals surface area contributed by atoms with Crippen LogP contribution in [0.5, 0.6) is 5.75 Å². The van der Waals surface area contributed by atoms with Gasteiger partial charge in [-0.2, -0.15) is 0 Å². The van der Waals surface area contributed by atoms with E-state index in [1.54, 1.807) is 19.2 Å². The Kier molecular flexibility index (Phi) is 5.33. The van der Waals surface area contributed by atoms with E-state index in [2.05, 4.69) is 15.0 Å². The third-order valence-electron chi connectivity index (χ3n) is 5.81. The van der Waals surface area contributed by atoms with Gasteiger partial charge < -0.3 is 4.74 Å². The van der Waals surface area contributed by atoms with Gasteiger partial charge in [0.15, 0.2) is 5.75 Å². The molecule has 5 nitrogen and oxygen atoms in total. The second-order valence-electron chi connectivity index (χ2n) is 8.00. The van der Waals surface area contributed by atoms with Gasteiger partial charge in [0.2, 0.25) is 0 Å². The molecule has 1 fully saturated rings. The second-order valence-corrected chi connectivity index (χ2v) is 8.00. The van der Waals surface area contributed by atoms with Gasteiger partial charge in [-0.1, -0.05) is 30.3 Å². The summed E-state index contributed by atoms with van der Waals surface area (Å²) in [5, 5.41) is 0. The van der Waals surface area contributed by atoms with Crippen LogP contribution in [0.2, 0.25) is 0 Å². The molecule has 1 aliphatic rings. The van der Waals surface area contributed by atoms with Crippen molar-refractivity contribution in [3.05, 3.63) is 82.9 Å². The van der Waals surface area contributed by atoms with Crippen LogP contribution >= 0.6 is 0 Å². The Hall–Kier alpha value is -3.15. The summed E-state index contributed by atoms with van der Waals surface area (Å²) in [5.74, 6) is 0.890. The number of ketones is 1. The average molecular weight is 405 g/mol. The van der Waals surface area contributed by atoms with Crippen molar-refractivity contribution in [3.63, 3.8) is 0 Å². The minimum atomic E-state index is -0.384. The summed E-state index contributed by atoms with van der Waals surface area (Å²) in [6.45, 7) is 5.77. The summed E-state index contributed by atoms with van der Waals surface area (Å²) >= 11 is 0. The number of ether oxygens (including phenoxy) is 1. The van der Waals surface area contributed by atoms with Crippen LogP contribution in [0.15, 0.2) is 48.8 Å². The van der Waals surface area contributed by atoms with Crippen LogP contribution in [0, 0.1) is 32.5 Å². The molecule has 3 aromatic rings. The van der Waals surface area contributed by atoms with Gasteiger partial charge in [-0.3, -0.25) is 9.78 Å². The number of carbonyl (C=O) groups is 1. The Morgan fingerprint density at radius 3 is 2.63 bits per heavy atom. The molecule has 0 spiro atoms. The number of nitrogens with zero attached hydrogens (tertiary/aromatic N) is 3. The van der Waals surface area contributed by atoms with Crippen molar-refractivity contribution >= 4 is 5.78 Å². The highest BCUT2D eigenvalue weighted by Crippen LogP contribution is 2.55. The predicted octanol–water partition coefficient (Wildman–Crippen LogP) is 4.08. The molecule has 4 rings (SSSR count). The Morgan fingerprint density at radius 1 is 1.17 bits per heavy atom. The van der Waals surface area contributed by atoms with Crippen LogP contribution in [0.1, 0.15) is 34.8 Å². The van der Waals surface area contributed by atoms with E-state index in [0.29, 0.717) is 35.9 Å². The van der Waals surface area contributed by atoms with Crippen molar-refractivity contribution < 1.29 is 13.9 Å². The molecule has 2 aromatic heterocycles. The molecule has 30 heavy (non-hydrogen) atoms. The summed E-state index contributed by atoms with van der Waals surface area (Å²) < 4.78 is 19.6. The summed E-state index contributed by atoms with van der Waals surface area (Å²) in [4.78, 5) is 25.7. The first-order valence-corrected chi connectivity index (χ1v) is 10.0. The highest BCUT2D eigenvalue weighted by molar-refractivity contribution is 5.88. The molecule has 0 bridgehead atoms. The SMILES string of the molecule is Cc1ncc(OC[C@@]2(c3ccccc3)C[C@H]2C(=O)Cc2cc(C)c(F)cn2)c(C)n1. The Morgan fingerprint density at radius 2 is 1.93 bits per heavy atom. The first kappa shape index (κ1) is 20.1. The third-order valence-corrected chi connectivity index (χ3v) is 5.81. The monoisotopic (exact) mass is 405 g/mol. The van der Waals surface area contributed by atoms with Crippen molar-refractivity contribution in [3.8, 4) is 5.75 Å². The number of benzene rings is 1. The molecule has 2 atom stereocenters. The van der Waals surface area contributed by atoms with Crippen LogP contribution in [0.4, 0.5) is 4.39 Å². The summed E-state index contributed by atoms with van der Waals surface area (Å²) in [6, 6.07) is 11.6. The van der Waals surface area contributed by atoms with E-state index in [0.717, 1.165) is 11.3 Å². The Labute approximate surface area is 175 Å². The van der Waals surface area contributed by atoms with Crippen LogP contribution in [-0.2, 0) is 16.6 Å². The van der Waals surface area contributed by atoms with Gasteiger partial charge in [-0.15, -0.1) is 0 Å². The maximum Gasteiger partial charge on any atom is 0.158 e. The highest BCUT2D eigenvalue weighted by atomic mass is 19.1. The van der Waals surface area contributed by atoms with Gasteiger partial charge >= 0.3 is 0 Å². The molecule has 0 amide bonds. The average Bonchev–Trinajstić information content (AvgIpc) is 3.47. The standard InChI is InChI=1S/C24H24FN3O2/c1-15-9-19(27-12-21(15)25)10-22(29)20-11-24(20,18-7-5-4-6-8-18)14-30-23-13-26-17(3)28-16(23)2/h4-9,12-13,20H,10-11,14H2,1-3H3/t20-,24+/m0/s1. The zero-order valence-electron chi connectivity index (χ0n) is 17.4. The molecule has 1 aliphatic carbocycles. The van der Waals surface area contributed by atoms with Gasteiger partial charge in [0.25, 0.3) is 0 Å². The normalized spacial score (nSPS) is 20.1. The van der Waals surface area contributed by atoms with E-state index in [1.165, 1.54) is 6.20 Å². The zero-order valence-corrected chi connectivity index (χ0v) is 17.4. The highest BCUT2D eigenvalue weighted by Gasteiger charge is 2.59. The lowest BCUT2D eigenvalue weighted by Crippen LogP contribution is -2.24. The number of hydrogen-bond acceptors (Lipinski definition) is 5. The van der Waals surface area contributed by atoms with Crippen molar-refractivity contribution in [1.82, 2.24) is 15.0 Å². The molecule has 154 valence electrons. The fourth-order valence-electron chi connectivity index (χ4n) is 3.98. The lowest BCUT2D eigenvalue weighted by Gasteiger charge is -2.19. The van der Waals surface area contributed by atoms with Crippen LogP contribution in [0.25, 0.3) is 0 Å². The molecule has 0 unspecified atom stereocenters. The van der Waals surface area contributed by atoms with Crippen molar-refractivity contribution in [1.29, 1.82) is 0 Å². The number of rotatable bonds is 7. The van der Waals surface area contributed by atoms with Gasteiger partial charge in [0.05, 0.1) is 24.7 Å². The lowest BCUT2D eigenvalue weighted by molar-refractivity contribution is -0.120. The zero-order chi connectivity index (χ0) is 21.3. The molecule has 0 radical (unpaired) electrons. The number of Topliss-reactive ketones (excluding diaryl/α,β-unsaturated/α-hetero) is 1. The smallest absolute Gasteiger partial charge is 0.158 e. The van der Waals surface area contributed by atoms with Gasteiger partial charge in [-0.25, -0.2) is 14.4 Å². The predicted molar refractivity (Wildman–Crippen MR) is 111 cm³/mol. The topological polar surface area (TPSA) is 65.0 Å². The number of aromatic nitrogens is 3. The largest absolute Gasteiger partial charge is 0.489 e. The number of hydrogen-bond donors (Lipinski definition) is 0. The Balaban J connectivity index is 1.54. The molecule has 2 heterocycles. The minimum absolute atomic E-state index is 0.0952. The van der Waals surface area contributed by atoms with E-state index < -0.39 is 0 Å². The fourth-order valence-corrected chi connectivity index (χ4v) is 3.98.